The second-order valence-electron chi connectivity index (χ2n) is 5.97. The van der Waals surface area contributed by atoms with E-state index in [1.54, 1.807) is 0 Å². The van der Waals surface area contributed by atoms with Crippen molar-refractivity contribution in [3.63, 3.8) is 0 Å². The molecule has 0 amide bonds. The molecule has 0 spiro atoms. The molecule has 3 atom stereocenters. The monoisotopic (exact) mass is 275 g/mol. The van der Waals surface area contributed by atoms with Gasteiger partial charge < -0.3 is 10.1 Å². The normalized spacial score (nSPS) is 26.6. The van der Waals surface area contributed by atoms with Gasteiger partial charge in [-0.25, -0.2) is 0 Å². The molecule has 1 aliphatic carbocycles. The Bertz CT molecular complexity index is 365. The van der Waals surface area contributed by atoms with Crippen LogP contribution in [-0.4, -0.2) is 18.7 Å². The summed E-state index contributed by atoms with van der Waals surface area (Å²) < 4.78 is 6.25. The van der Waals surface area contributed by atoms with E-state index in [1.807, 2.05) is 0 Å². The van der Waals surface area contributed by atoms with Gasteiger partial charge in [-0.3, -0.25) is 0 Å². The molecule has 2 rings (SSSR count). The van der Waals surface area contributed by atoms with Gasteiger partial charge in [0.1, 0.15) is 0 Å². The first kappa shape index (κ1) is 15.5. The summed E-state index contributed by atoms with van der Waals surface area (Å²) in [5.41, 5.74) is 1.28. The Hall–Kier alpha value is -0.860. The summed E-state index contributed by atoms with van der Waals surface area (Å²) in [7, 11) is 0. The van der Waals surface area contributed by atoms with E-state index in [1.165, 1.54) is 37.7 Å². The van der Waals surface area contributed by atoms with Crippen LogP contribution < -0.4 is 5.32 Å². The first-order valence-electron chi connectivity index (χ1n) is 8.22. The molecule has 1 saturated carbocycles. The quantitative estimate of drug-likeness (QED) is 0.807. The average molecular weight is 275 g/mol. The summed E-state index contributed by atoms with van der Waals surface area (Å²) in [6.07, 6.45) is 6.86. The molecule has 1 aliphatic rings. The van der Waals surface area contributed by atoms with Crippen LogP contribution in [0.4, 0.5) is 0 Å². The standard InChI is InChI=1S/C18H29NO/c1-3-8-15-11-12-17(19-4-2)18(13-15)20-14-16-9-6-5-7-10-16/h5-7,9-10,15,17-19H,3-4,8,11-14H2,1-2H3. The lowest BCUT2D eigenvalue weighted by Crippen LogP contribution is -2.45. The zero-order valence-electron chi connectivity index (χ0n) is 13.0. The molecule has 0 aromatic heterocycles. The minimum atomic E-state index is 0.375. The summed E-state index contributed by atoms with van der Waals surface area (Å²) in [6.45, 7) is 6.25. The van der Waals surface area contributed by atoms with E-state index >= 15 is 0 Å². The Balaban J connectivity index is 1.89. The lowest BCUT2D eigenvalue weighted by molar-refractivity contribution is -0.0206. The van der Waals surface area contributed by atoms with Gasteiger partial charge in [-0.05, 0) is 37.3 Å². The highest BCUT2D eigenvalue weighted by Gasteiger charge is 2.30. The van der Waals surface area contributed by atoms with Gasteiger partial charge >= 0.3 is 0 Å². The fourth-order valence-electron chi connectivity index (χ4n) is 3.34. The van der Waals surface area contributed by atoms with Gasteiger partial charge in [-0.1, -0.05) is 57.0 Å². The molecule has 2 nitrogen and oxygen atoms in total. The Morgan fingerprint density at radius 1 is 1.15 bits per heavy atom. The molecule has 1 fully saturated rings. The molecule has 0 saturated heterocycles. The predicted molar refractivity (Wildman–Crippen MR) is 84.7 cm³/mol. The third kappa shape index (κ3) is 4.60. The van der Waals surface area contributed by atoms with E-state index in [0.29, 0.717) is 12.1 Å². The number of hydrogen-bond donors (Lipinski definition) is 1. The summed E-state index contributed by atoms with van der Waals surface area (Å²) >= 11 is 0. The van der Waals surface area contributed by atoms with E-state index in [4.69, 9.17) is 4.74 Å². The maximum Gasteiger partial charge on any atom is 0.0735 e. The molecular weight excluding hydrogens is 246 g/mol. The van der Waals surface area contributed by atoms with E-state index in [-0.39, 0.29) is 0 Å². The van der Waals surface area contributed by atoms with Crippen molar-refractivity contribution in [3.05, 3.63) is 35.9 Å². The molecule has 1 aromatic carbocycles. The minimum Gasteiger partial charge on any atom is -0.372 e. The minimum absolute atomic E-state index is 0.375. The molecule has 112 valence electrons. The van der Waals surface area contributed by atoms with Gasteiger partial charge in [0.05, 0.1) is 12.7 Å². The van der Waals surface area contributed by atoms with Gasteiger partial charge in [-0.2, -0.15) is 0 Å². The summed E-state index contributed by atoms with van der Waals surface area (Å²) in [6, 6.07) is 11.1. The lowest BCUT2D eigenvalue weighted by atomic mass is 9.81. The van der Waals surface area contributed by atoms with Crippen molar-refractivity contribution >= 4 is 0 Å². The van der Waals surface area contributed by atoms with E-state index in [9.17, 15) is 0 Å². The first-order chi connectivity index (χ1) is 9.83. The Kier molecular flexibility index (Phi) is 6.55. The van der Waals surface area contributed by atoms with Crippen LogP contribution in [0.2, 0.25) is 0 Å². The Morgan fingerprint density at radius 3 is 2.65 bits per heavy atom. The van der Waals surface area contributed by atoms with Gasteiger partial charge in [0, 0.05) is 6.04 Å². The summed E-state index contributed by atoms with van der Waals surface area (Å²) in [4.78, 5) is 0. The SMILES string of the molecule is CCCC1CCC(NCC)C(OCc2ccccc2)C1. The van der Waals surface area contributed by atoms with Gasteiger partial charge in [0.15, 0.2) is 0 Å². The molecule has 0 heterocycles. The average Bonchev–Trinajstić information content (AvgIpc) is 2.49. The third-order valence-corrected chi connectivity index (χ3v) is 4.37. The van der Waals surface area contributed by atoms with Crippen molar-refractivity contribution < 1.29 is 4.74 Å². The van der Waals surface area contributed by atoms with E-state index in [0.717, 1.165) is 19.1 Å². The number of likely N-dealkylation sites (N-methyl/N-ethyl adjacent to an activating group) is 1. The smallest absolute Gasteiger partial charge is 0.0735 e. The van der Waals surface area contributed by atoms with Crippen molar-refractivity contribution in [1.29, 1.82) is 0 Å². The van der Waals surface area contributed by atoms with Crippen molar-refractivity contribution in [2.24, 2.45) is 5.92 Å². The maximum atomic E-state index is 6.25. The number of hydrogen-bond acceptors (Lipinski definition) is 2. The van der Waals surface area contributed by atoms with Crippen LogP contribution >= 0.6 is 0 Å². The number of nitrogens with one attached hydrogen (secondary N) is 1. The fourth-order valence-corrected chi connectivity index (χ4v) is 3.34. The van der Waals surface area contributed by atoms with Crippen molar-refractivity contribution in [3.8, 4) is 0 Å². The van der Waals surface area contributed by atoms with Gasteiger partial charge in [0.2, 0.25) is 0 Å². The van der Waals surface area contributed by atoms with Crippen LogP contribution in [0.25, 0.3) is 0 Å². The van der Waals surface area contributed by atoms with Crippen molar-refractivity contribution in [2.75, 3.05) is 6.54 Å². The molecule has 1 aromatic rings. The molecule has 1 N–H and O–H groups in total. The highest BCUT2D eigenvalue weighted by atomic mass is 16.5. The fraction of sp³-hybridized carbons (Fsp3) is 0.667. The van der Waals surface area contributed by atoms with Crippen LogP contribution in [0.15, 0.2) is 30.3 Å². The molecule has 0 radical (unpaired) electrons. The van der Waals surface area contributed by atoms with Gasteiger partial charge in [-0.15, -0.1) is 0 Å². The summed E-state index contributed by atoms with van der Waals surface area (Å²) in [5, 5.41) is 3.61. The van der Waals surface area contributed by atoms with E-state index in [2.05, 4.69) is 49.5 Å². The highest BCUT2D eigenvalue weighted by Crippen LogP contribution is 2.30. The van der Waals surface area contributed by atoms with Crippen LogP contribution in [0, 0.1) is 5.92 Å². The number of rotatable bonds is 7. The largest absolute Gasteiger partial charge is 0.372 e. The van der Waals surface area contributed by atoms with Crippen molar-refractivity contribution in [2.45, 2.75) is 64.7 Å². The molecule has 2 heteroatoms. The molecule has 3 unspecified atom stereocenters. The van der Waals surface area contributed by atoms with E-state index < -0.39 is 0 Å². The number of benzene rings is 1. The van der Waals surface area contributed by atoms with Crippen molar-refractivity contribution in [1.82, 2.24) is 5.32 Å². The summed E-state index contributed by atoms with van der Waals surface area (Å²) in [5.74, 6) is 0.857. The lowest BCUT2D eigenvalue weighted by Gasteiger charge is -2.36. The topological polar surface area (TPSA) is 21.3 Å². The molecular formula is C18H29NO. The van der Waals surface area contributed by atoms with Crippen LogP contribution in [-0.2, 0) is 11.3 Å². The second-order valence-corrected chi connectivity index (χ2v) is 5.97. The second kappa shape index (κ2) is 8.43. The first-order valence-corrected chi connectivity index (χ1v) is 8.22. The zero-order chi connectivity index (χ0) is 14.2. The maximum absolute atomic E-state index is 6.25. The van der Waals surface area contributed by atoms with Gasteiger partial charge in [0.25, 0.3) is 0 Å². The third-order valence-electron chi connectivity index (χ3n) is 4.37. The van der Waals surface area contributed by atoms with Crippen LogP contribution in [0.5, 0.6) is 0 Å². The molecule has 20 heavy (non-hydrogen) atoms. The molecule has 0 aliphatic heterocycles. The predicted octanol–water partition coefficient (Wildman–Crippen LogP) is 4.15. The van der Waals surface area contributed by atoms with Crippen LogP contribution in [0.3, 0.4) is 0 Å². The Morgan fingerprint density at radius 2 is 1.95 bits per heavy atom. The zero-order valence-corrected chi connectivity index (χ0v) is 13.0. The number of ether oxygens (including phenoxy) is 1. The van der Waals surface area contributed by atoms with Crippen LogP contribution in [0.1, 0.15) is 51.5 Å². The Labute approximate surface area is 123 Å². The molecule has 0 bridgehead atoms. The highest BCUT2D eigenvalue weighted by molar-refractivity contribution is 5.13.